The summed E-state index contributed by atoms with van der Waals surface area (Å²) in [4.78, 5) is 28.3. The minimum Gasteiger partial charge on any atom is -0.469 e. The zero-order chi connectivity index (χ0) is 19.8. The van der Waals surface area contributed by atoms with Gasteiger partial charge in [-0.2, -0.15) is 0 Å². The highest BCUT2D eigenvalue weighted by atomic mass is 35.5. The van der Waals surface area contributed by atoms with E-state index in [1.165, 1.54) is 7.11 Å². The summed E-state index contributed by atoms with van der Waals surface area (Å²) in [6.45, 7) is 1.85. The average Bonchev–Trinajstić information content (AvgIpc) is 3.27. The van der Waals surface area contributed by atoms with Crippen LogP contribution in [0.5, 0.6) is 0 Å². The van der Waals surface area contributed by atoms with Crippen molar-refractivity contribution in [1.29, 1.82) is 0 Å². The van der Waals surface area contributed by atoms with Crippen LogP contribution in [-0.2, 0) is 16.0 Å². The van der Waals surface area contributed by atoms with Crippen LogP contribution in [0, 0.1) is 5.92 Å². The molecule has 5 nitrogen and oxygen atoms in total. The SMILES string of the molecule is COC(=O)C(C)[C@@H]1c2ccccc2CC1NC(=O)c1cc2cc(Cl)ccc2[nH]1. The minimum absolute atomic E-state index is 0.133. The van der Waals surface area contributed by atoms with Crippen molar-refractivity contribution in [2.24, 2.45) is 5.92 Å². The number of aromatic amines is 1. The lowest BCUT2D eigenvalue weighted by atomic mass is 9.86. The van der Waals surface area contributed by atoms with Gasteiger partial charge in [-0.15, -0.1) is 0 Å². The number of ether oxygens (including phenoxy) is 1. The topological polar surface area (TPSA) is 71.2 Å². The summed E-state index contributed by atoms with van der Waals surface area (Å²) < 4.78 is 4.96. The van der Waals surface area contributed by atoms with Crippen LogP contribution >= 0.6 is 11.6 Å². The minimum atomic E-state index is -0.361. The molecule has 4 rings (SSSR count). The van der Waals surface area contributed by atoms with E-state index in [1.807, 2.05) is 43.3 Å². The second-order valence-electron chi connectivity index (χ2n) is 7.24. The standard InChI is InChI=1S/C22H21ClN2O3/c1-12(22(27)28-2)20-16-6-4-3-5-13(16)10-18(20)25-21(26)19-11-14-9-15(23)7-8-17(14)24-19/h3-9,11-12,18,20,24H,10H2,1-2H3,(H,25,26)/t12?,18?,20-/m1/s1. The molecule has 0 fully saturated rings. The number of halogens is 1. The summed E-state index contributed by atoms with van der Waals surface area (Å²) in [5.41, 5.74) is 3.56. The van der Waals surface area contributed by atoms with Gasteiger partial charge in [0.25, 0.3) is 5.91 Å². The van der Waals surface area contributed by atoms with Gasteiger partial charge in [0.1, 0.15) is 5.69 Å². The van der Waals surface area contributed by atoms with Crippen LogP contribution in [0.4, 0.5) is 0 Å². The normalized spacial score (nSPS) is 19.2. The summed E-state index contributed by atoms with van der Waals surface area (Å²) in [5, 5.41) is 4.62. The Hall–Kier alpha value is -2.79. The number of nitrogens with one attached hydrogen (secondary N) is 2. The third-order valence-electron chi connectivity index (χ3n) is 5.54. The molecule has 2 aromatic carbocycles. The quantitative estimate of drug-likeness (QED) is 0.653. The summed E-state index contributed by atoms with van der Waals surface area (Å²) in [6.07, 6.45) is 0.681. The first-order valence-electron chi connectivity index (χ1n) is 9.22. The zero-order valence-electron chi connectivity index (χ0n) is 15.7. The van der Waals surface area contributed by atoms with Crippen molar-refractivity contribution < 1.29 is 14.3 Å². The number of aromatic nitrogens is 1. The molecule has 1 aromatic heterocycles. The number of rotatable bonds is 4. The monoisotopic (exact) mass is 396 g/mol. The van der Waals surface area contributed by atoms with Crippen LogP contribution in [0.2, 0.25) is 5.02 Å². The number of carbonyl (C=O) groups is 2. The van der Waals surface area contributed by atoms with Crippen LogP contribution in [0.3, 0.4) is 0 Å². The Labute approximate surface area is 168 Å². The first-order valence-corrected chi connectivity index (χ1v) is 9.60. The number of hydrogen-bond acceptors (Lipinski definition) is 3. The Kier molecular flexibility index (Phi) is 4.85. The van der Waals surface area contributed by atoms with Gasteiger partial charge in [0.15, 0.2) is 0 Å². The highest BCUT2D eigenvalue weighted by Gasteiger charge is 2.40. The predicted octanol–water partition coefficient (Wildman–Crippen LogP) is 4.07. The molecule has 28 heavy (non-hydrogen) atoms. The fraction of sp³-hybridized carbons (Fsp3) is 0.273. The van der Waals surface area contributed by atoms with Crippen molar-refractivity contribution in [2.75, 3.05) is 7.11 Å². The van der Waals surface area contributed by atoms with E-state index in [-0.39, 0.29) is 29.8 Å². The fourth-order valence-corrected chi connectivity index (χ4v) is 4.37. The van der Waals surface area contributed by atoms with Gasteiger partial charge in [0.2, 0.25) is 0 Å². The van der Waals surface area contributed by atoms with Crippen LogP contribution in [0.15, 0.2) is 48.5 Å². The maximum absolute atomic E-state index is 12.9. The van der Waals surface area contributed by atoms with Crippen molar-refractivity contribution in [3.8, 4) is 0 Å². The van der Waals surface area contributed by atoms with Crippen molar-refractivity contribution in [3.63, 3.8) is 0 Å². The number of fused-ring (bicyclic) bond motifs is 2. The van der Waals surface area contributed by atoms with Gasteiger partial charge >= 0.3 is 5.97 Å². The number of amides is 1. The summed E-state index contributed by atoms with van der Waals surface area (Å²) >= 11 is 6.04. The maximum atomic E-state index is 12.9. The summed E-state index contributed by atoms with van der Waals surface area (Å²) in [5.74, 6) is -0.972. The Balaban J connectivity index is 1.61. The Morgan fingerprint density at radius 1 is 1.21 bits per heavy atom. The molecule has 2 unspecified atom stereocenters. The van der Waals surface area contributed by atoms with Crippen LogP contribution in [0.1, 0.15) is 34.5 Å². The number of esters is 1. The fourth-order valence-electron chi connectivity index (χ4n) is 4.19. The number of benzene rings is 2. The smallest absolute Gasteiger partial charge is 0.309 e. The van der Waals surface area contributed by atoms with Crippen molar-refractivity contribution in [1.82, 2.24) is 10.3 Å². The van der Waals surface area contributed by atoms with Crippen LogP contribution < -0.4 is 5.32 Å². The molecule has 0 bridgehead atoms. The van der Waals surface area contributed by atoms with E-state index >= 15 is 0 Å². The van der Waals surface area contributed by atoms with E-state index in [9.17, 15) is 9.59 Å². The lowest BCUT2D eigenvalue weighted by molar-refractivity contribution is -0.145. The molecule has 0 radical (unpaired) electrons. The number of hydrogen-bond donors (Lipinski definition) is 2. The van der Waals surface area contributed by atoms with Gasteiger partial charge in [-0.05, 0) is 41.8 Å². The molecule has 0 aliphatic heterocycles. The van der Waals surface area contributed by atoms with Crippen molar-refractivity contribution in [2.45, 2.75) is 25.3 Å². The van der Waals surface area contributed by atoms with Gasteiger partial charge in [0.05, 0.1) is 13.0 Å². The zero-order valence-corrected chi connectivity index (χ0v) is 16.4. The van der Waals surface area contributed by atoms with E-state index in [1.54, 1.807) is 12.1 Å². The Morgan fingerprint density at radius 2 is 2.00 bits per heavy atom. The highest BCUT2D eigenvalue weighted by molar-refractivity contribution is 6.31. The van der Waals surface area contributed by atoms with Crippen LogP contribution in [0.25, 0.3) is 10.9 Å². The molecule has 3 aromatic rings. The second kappa shape index (κ2) is 7.32. The lowest BCUT2D eigenvalue weighted by Gasteiger charge is -2.25. The van der Waals surface area contributed by atoms with Crippen molar-refractivity contribution >= 4 is 34.4 Å². The summed E-state index contributed by atoms with van der Waals surface area (Å²) in [7, 11) is 1.39. The van der Waals surface area contributed by atoms with E-state index in [2.05, 4.69) is 10.3 Å². The number of H-pyrrole nitrogens is 1. The maximum Gasteiger partial charge on any atom is 0.309 e. The predicted molar refractivity (Wildman–Crippen MR) is 109 cm³/mol. The van der Waals surface area contributed by atoms with Gasteiger partial charge < -0.3 is 15.0 Å². The molecule has 0 saturated heterocycles. The molecule has 2 N–H and O–H groups in total. The molecular formula is C22H21ClN2O3. The van der Waals surface area contributed by atoms with E-state index in [0.29, 0.717) is 17.1 Å². The molecule has 1 aliphatic carbocycles. The Bertz CT molecular complexity index is 1060. The molecule has 0 saturated carbocycles. The largest absolute Gasteiger partial charge is 0.469 e. The molecule has 1 amide bonds. The van der Waals surface area contributed by atoms with Gasteiger partial charge in [-0.1, -0.05) is 42.8 Å². The first kappa shape index (κ1) is 18.6. The van der Waals surface area contributed by atoms with Gasteiger partial charge in [-0.3, -0.25) is 9.59 Å². The average molecular weight is 397 g/mol. The molecule has 3 atom stereocenters. The molecule has 1 heterocycles. The third kappa shape index (κ3) is 3.27. The molecule has 144 valence electrons. The van der Waals surface area contributed by atoms with Gasteiger partial charge in [-0.25, -0.2) is 0 Å². The molecule has 6 heteroatoms. The number of carbonyl (C=O) groups excluding carboxylic acids is 2. The highest BCUT2D eigenvalue weighted by Crippen LogP contribution is 2.39. The lowest BCUT2D eigenvalue weighted by Crippen LogP contribution is -2.41. The van der Waals surface area contributed by atoms with Crippen molar-refractivity contribution in [3.05, 3.63) is 70.4 Å². The van der Waals surface area contributed by atoms with E-state index < -0.39 is 0 Å². The second-order valence-corrected chi connectivity index (χ2v) is 7.67. The molecular weight excluding hydrogens is 376 g/mol. The third-order valence-corrected chi connectivity index (χ3v) is 5.78. The van der Waals surface area contributed by atoms with Gasteiger partial charge in [0, 0.05) is 27.9 Å². The summed E-state index contributed by atoms with van der Waals surface area (Å²) in [6, 6.07) is 15.1. The number of methoxy groups -OCH3 is 1. The van der Waals surface area contributed by atoms with Crippen LogP contribution in [-0.4, -0.2) is 30.0 Å². The molecule has 0 spiro atoms. The van der Waals surface area contributed by atoms with E-state index in [4.69, 9.17) is 16.3 Å². The Morgan fingerprint density at radius 3 is 2.79 bits per heavy atom. The molecule has 1 aliphatic rings. The van der Waals surface area contributed by atoms with E-state index in [0.717, 1.165) is 22.0 Å². The first-order chi connectivity index (χ1) is 13.5.